The minimum atomic E-state index is -3.70. The Hall–Kier alpha value is -0.790. The molecule has 0 heterocycles. The molecule has 0 radical (unpaired) electrons. The van der Waals surface area contributed by atoms with Gasteiger partial charge in [0.2, 0.25) is 10.0 Å². The first-order valence-corrected chi connectivity index (χ1v) is 8.27. The lowest BCUT2D eigenvalue weighted by molar-refractivity contribution is 0.560. The van der Waals surface area contributed by atoms with Gasteiger partial charge in [-0.3, -0.25) is 0 Å². The highest BCUT2D eigenvalue weighted by Crippen LogP contribution is 2.16. The predicted octanol–water partition coefficient (Wildman–Crippen LogP) is 1.69. The van der Waals surface area contributed by atoms with Crippen LogP contribution in [0.4, 0.5) is 10.1 Å². The third-order valence-corrected chi connectivity index (χ3v) is 4.58. The molecule has 0 bridgehead atoms. The lowest BCUT2D eigenvalue weighted by atomic mass is 10.2. The van der Waals surface area contributed by atoms with Crippen LogP contribution in [0.5, 0.6) is 0 Å². The molecule has 4 nitrogen and oxygen atoms in total. The van der Waals surface area contributed by atoms with E-state index in [4.69, 9.17) is 5.73 Å². The number of benzene rings is 1. The van der Waals surface area contributed by atoms with Crippen LogP contribution in [0.25, 0.3) is 0 Å². The van der Waals surface area contributed by atoms with Crippen molar-refractivity contribution in [3.8, 4) is 0 Å². The number of thioether (sulfide) groups is 1. The van der Waals surface area contributed by atoms with E-state index in [1.54, 1.807) is 11.8 Å². The molecular formula is C11H17FN2O2S2. The Morgan fingerprint density at radius 2 is 2.11 bits per heavy atom. The Bertz CT molecular complexity index is 486. The summed E-state index contributed by atoms with van der Waals surface area (Å²) in [6.45, 7) is 2.26. The van der Waals surface area contributed by atoms with Gasteiger partial charge in [-0.05, 0) is 36.1 Å². The number of hydrogen-bond donors (Lipinski definition) is 2. The van der Waals surface area contributed by atoms with Crippen LogP contribution in [-0.4, -0.2) is 27.0 Å². The van der Waals surface area contributed by atoms with E-state index < -0.39 is 15.8 Å². The highest BCUT2D eigenvalue weighted by molar-refractivity contribution is 7.98. The molecule has 0 saturated heterocycles. The molecule has 0 aliphatic carbocycles. The quantitative estimate of drug-likeness (QED) is 0.783. The van der Waals surface area contributed by atoms with E-state index in [1.165, 1.54) is 6.07 Å². The Labute approximate surface area is 111 Å². The van der Waals surface area contributed by atoms with Gasteiger partial charge in [0, 0.05) is 12.2 Å². The van der Waals surface area contributed by atoms with Crippen LogP contribution in [0.2, 0.25) is 0 Å². The number of nitrogens with one attached hydrogen (secondary N) is 1. The fourth-order valence-corrected chi connectivity index (χ4v) is 3.33. The molecule has 0 aliphatic rings. The third-order valence-electron chi connectivity index (χ3n) is 2.28. The molecular weight excluding hydrogens is 275 g/mol. The Balaban J connectivity index is 2.80. The van der Waals surface area contributed by atoms with Crippen molar-refractivity contribution in [2.45, 2.75) is 11.8 Å². The van der Waals surface area contributed by atoms with Gasteiger partial charge >= 0.3 is 0 Å². The van der Waals surface area contributed by atoms with Crippen molar-refractivity contribution in [1.29, 1.82) is 0 Å². The summed E-state index contributed by atoms with van der Waals surface area (Å²) in [6.07, 6.45) is 1.96. The number of nitrogens with two attached hydrogens (primary N) is 1. The predicted molar refractivity (Wildman–Crippen MR) is 73.5 cm³/mol. The van der Waals surface area contributed by atoms with Gasteiger partial charge < -0.3 is 5.73 Å². The molecule has 0 saturated carbocycles. The van der Waals surface area contributed by atoms with Crippen LogP contribution in [-0.2, 0) is 10.0 Å². The van der Waals surface area contributed by atoms with Crippen LogP contribution in [0.15, 0.2) is 23.1 Å². The molecule has 3 N–H and O–H groups in total. The van der Waals surface area contributed by atoms with Gasteiger partial charge in [-0.15, -0.1) is 0 Å². The zero-order chi connectivity index (χ0) is 13.8. The monoisotopic (exact) mass is 292 g/mol. The first-order chi connectivity index (χ1) is 8.35. The van der Waals surface area contributed by atoms with E-state index in [1.807, 2.05) is 13.2 Å². The Kier molecular flexibility index (Phi) is 5.43. The van der Waals surface area contributed by atoms with Crippen LogP contribution < -0.4 is 10.5 Å². The summed E-state index contributed by atoms with van der Waals surface area (Å²) in [5, 5.41) is 0. The van der Waals surface area contributed by atoms with Crippen LogP contribution in [0.3, 0.4) is 0 Å². The topological polar surface area (TPSA) is 72.2 Å². The highest BCUT2D eigenvalue weighted by Gasteiger charge is 2.16. The molecule has 0 amide bonds. The maximum Gasteiger partial charge on any atom is 0.240 e. The largest absolute Gasteiger partial charge is 0.399 e. The maximum atomic E-state index is 13.1. The van der Waals surface area contributed by atoms with E-state index in [0.29, 0.717) is 6.54 Å². The molecule has 18 heavy (non-hydrogen) atoms. The van der Waals surface area contributed by atoms with Crippen molar-refractivity contribution >= 4 is 27.5 Å². The SMILES string of the molecule is CSCC(C)CNS(=O)(=O)c1cc(N)cc(F)c1. The molecule has 1 unspecified atom stereocenters. The minimum Gasteiger partial charge on any atom is -0.399 e. The maximum absolute atomic E-state index is 13.1. The Morgan fingerprint density at radius 1 is 1.44 bits per heavy atom. The van der Waals surface area contributed by atoms with Crippen molar-refractivity contribution < 1.29 is 12.8 Å². The van der Waals surface area contributed by atoms with Gasteiger partial charge in [-0.2, -0.15) is 11.8 Å². The van der Waals surface area contributed by atoms with E-state index in [2.05, 4.69) is 4.72 Å². The van der Waals surface area contributed by atoms with E-state index in [0.717, 1.165) is 17.9 Å². The first-order valence-electron chi connectivity index (χ1n) is 5.40. The second-order valence-electron chi connectivity index (χ2n) is 4.13. The fourth-order valence-electron chi connectivity index (χ4n) is 1.42. The highest BCUT2D eigenvalue weighted by atomic mass is 32.2. The Morgan fingerprint density at radius 3 is 2.67 bits per heavy atom. The van der Waals surface area contributed by atoms with Gasteiger partial charge in [-0.25, -0.2) is 17.5 Å². The summed E-state index contributed by atoms with van der Waals surface area (Å²) < 4.78 is 39.4. The molecule has 1 atom stereocenters. The van der Waals surface area contributed by atoms with Crippen LogP contribution in [0.1, 0.15) is 6.92 Å². The number of halogens is 1. The number of anilines is 1. The normalized spacial score (nSPS) is 13.5. The summed E-state index contributed by atoms with van der Waals surface area (Å²) >= 11 is 1.65. The van der Waals surface area contributed by atoms with Crippen LogP contribution in [0, 0.1) is 11.7 Å². The molecule has 0 fully saturated rings. The summed E-state index contributed by atoms with van der Waals surface area (Å²) in [7, 11) is -3.70. The summed E-state index contributed by atoms with van der Waals surface area (Å²) in [5.41, 5.74) is 5.51. The van der Waals surface area contributed by atoms with Crippen molar-refractivity contribution in [1.82, 2.24) is 4.72 Å². The molecule has 1 aromatic carbocycles. The molecule has 102 valence electrons. The van der Waals surface area contributed by atoms with Gasteiger partial charge in [0.25, 0.3) is 0 Å². The smallest absolute Gasteiger partial charge is 0.240 e. The van der Waals surface area contributed by atoms with Crippen molar-refractivity contribution in [2.24, 2.45) is 5.92 Å². The van der Waals surface area contributed by atoms with Crippen molar-refractivity contribution in [3.05, 3.63) is 24.0 Å². The molecule has 7 heteroatoms. The lowest BCUT2D eigenvalue weighted by Crippen LogP contribution is -2.29. The van der Waals surface area contributed by atoms with Gasteiger partial charge in [0.15, 0.2) is 0 Å². The molecule has 0 aliphatic heterocycles. The molecule has 1 aromatic rings. The van der Waals surface area contributed by atoms with Crippen LogP contribution >= 0.6 is 11.8 Å². The zero-order valence-corrected chi connectivity index (χ0v) is 11.9. The van der Waals surface area contributed by atoms with Gasteiger partial charge in [-0.1, -0.05) is 6.92 Å². The molecule has 1 rings (SSSR count). The van der Waals surface area contributed by atoms with Crippen molar-refractivity contribution in [2.75, 3.05) is 24.3 Å². The van der Waals surface area contributed by atoms with E-state index in [9.17, 15) is 12.8 Å². The number of rotatable bonds is 6. The first kappa shape index (κ1) is 15.3. The summed E-state index contributed by atoms with van der Waals surface area (Å²) in [4.78, 5) is -0.142. The molecule has 0 spiro atoms. The summed E-state index contributed by atoms with van der Waals surface area (Å²) in [6, 6.07) is 3.28. The van der Waals surface area contributed by atoms with Gasteiger partial charge in [0.1, 0.15) is 5.82 Å². The second kappa shape index (κ2) is 6.40. The second-order valence-corrected chi connectivity index (χ2v) is 6.81. The van der Waals surface area contributed by atoms with Crippen molar-refractivity contribution in [3.63, 3.8) is 0 Å². The lowest BCUT2D eigenvalue weighted by Gasteiger charge is -2.12. The number of nitrogen functional groups attached to an aromatic ring is 1. The van der Waals surface area contributed by atoms with Gasteiger partial charge in [0.05, 0.1) is 4.90 Å². The molecule has 0 aromatic heterocycles. The van der Waals surface area contributed by atoms with E-state index in [-0.39, 0.29) is 16.5 Å². The average Bonchev–Trinajstić information content (AvgIpc) is 2.26. The average molecular weight is 292 g/mol. The zero-order valence-electron chi connectivity index (χ0n) is 10.3. The number of sulfonamides is 1. The number of hydrogen-bond acceptors (Lipinski definition) is 4. The third kappa shape index (κ3) is 4.47. The minimum absolute atomic E-state index is 0.0903. The fraction of sp³-hybridized carbons (Fsp3) is 0.455. The van der Waals surface area contributed by atoms with E-state index >= 15 is 0 Å². The summed E-state index contributed by atoms with van der Waals surface area (Å²) in [5.74, 6) is 0.404. The standard InChI is InChI=1S/C11H17FN2O2S2/c1-8(7-17-2)6-14-18(15,16)11-4-9(12)3-10(13)5-11/h3-5,8,14H,6-7,13H2,1-2H3.